The van der Waals surface area contributed by atoms with Gasteiger partial charge in [0, 0.05) is 30.8 Å². The lowest BCUT2D eigenvalue weighted by Crippen LogP contribution is -2.38. The van der Waals surface area contributed by atoms with Gasteiger partial charge in [-0.2, -0.15) is 0 Å². The summed E-state index contributed by atoms with van der Waals surface area (Å²) in [5, 5.41) is 8.68. The second kappa shape index (κ2) is 14.4. The van der Waals surface area contributed by atoms with Crippen LogP contribution in [0, 0.1) is 0 Å². The van der Waals surface area contributed by atoms with Gasteiger partial charge in [-0.05, 0) is 72.7 Å². The zero-order valence-corrected chi connectivity index (χ0v) is 28.4. The van der Waals surface area contributed by atoms with Crippen LogP contribution in [0.15, 0.2) is 47.3 Å². The second-order valence-electron chi connectivity index (χ2n) is 11.5. The van der Waals surface area contributed by atoms with E-state index in [-0.39, 0.29) is 29.3 Å². The zero-order valence-electron chi connectivity index (χ0n) is 27.6. The van der Waals surface area contributed by atoms with E-state index in [1.54, 1.807) is 37.4 Å². The van der Waals surface area contributed by atoms with Crippen LogP contribution < -0.4 is 44.6 Å². The Morgan fingerprint density at radius 3 is 2.33 bits per heavy atom. The van der Waals surface area contributed by atoms with E-state index < -0.39 is 22.0 Å². The monoisotopic (exact) mass is 680 g/mol. The summed E-state index contributed by atoms with van der Waals surface area (Å²) in [4.78, 5) is 38.8. The van der Waals surface area contributed by atoms with E-state index in [0.717, 1.165) is 12.0 Å². The van der Waals surface area contributed by atoms with Crippen LogP contribution in [0.1, 0.15) is 43.4 Å². The molecule has 13 nitrogen and oxygen atoms in total. The molecule has 0 unspecified atom stereocenters. The number of rotatable bonds is 10. The molecule has 1 saturated heterocycles. The average Bonchev–Trinajstić information content (AvgIpc) is 3.30. The maximum absolute atomic E-state index is 13.6. The summed E-state index contributed by atoms with van der Waals surface area (Å²) in [7, 11) is 2.57. The summed E-state index contributed by atoms with van der Waals surface area (Å²) in [5.74, 6) is 1.02. The lowest BCUT2D eigenvalue weighted by atomic mass is 9.95. The molecule has 3 aromatic rings. The molecule has 0 spiro atoms. The predicted molar refractivity (Wildman–Crippen MR) is 183 cm³/mol. The summed E-state index contributed by atoms with van der Waals surface area (Å²) in [6.45, 7) is 1.54. The van der Waals surface area contributed by atoms with Crippen LogP contribution in [0.4, 0.5) is 17.1 Å². The van der Waals surface area contributed by atoms with Crippen LogP contribution >= 0.6 is 0 Å². The molecule has 0 saturated carbocycles. The number of methoxy groups -OCH3 is 4. The first-order chi connectivity index (χ1) is 23.0. The topological polar surface area (TPSA) is 162 Å². The molecule has 14 heteroatoms. The van der Waals surface area contributed by atoms with Crippen molar-refractivity contribution in [3.8, 4) is 34.1 Å². The van der Waals surface area contributed by atoms with E-state index in [2.05, 4.69) is 16.0 Å². The van der Waals surface area contributed by atoms with Crippen molar-refractivity contribution in [3.63, 3.8) is 0 Å². The van der Waals surface area contributed by atoms with Gasteiger partial charge < -0.3 is 34.9 Å². The molecule has 1 fully saturated rings. The van der Waals surface area contributed by atoms with Crippen molar-refractivity contribution >= 4 is 38.9 Å². The van der Waals surface area contributed by atoms with Crippen molar-refractivity contribution in [2.24, 2.45) is 0 Å². The third kappa shape index (κ3) is 6.98. The summed E-state index contributed by atoms with van der Waals surface area (Å²) in [6.07, 6.45) is 2.43. The minimum atomic E-state index is -3.45. The largest absolute Gasteiger partial charge is 0.494 e. The van der Waals surface area contributed by atoms with Gasteiger partial charge in [0.25, 0.3) is 0 Å². The van der Waals surface area contributed by atoms with Gasteiger partial charge >= 0.3 is 0 Å². The molecule has 48 heavy (non-hydrogen) atoms. The normalized spacial score (nSPS) is 16.4. The van der Waals surface area contributed by atoms with Crippen LogP contribution in [0.3, 0.4) is 0 Å². The highest BCUT2D eigenvalue weighted by Crippen LogP contribution is 2.50. The lowest BCUT2D eigenvalue weighted by molar-refractivity contribution is -0.119. The van der Waals surface area contributed by atoms with Gasteiger partial charge in [-0.25, -0.2) is 8.42 Å². The molecule has 3 aromatic carbocycles. The molecule has 1 aliphatic heterocycles. The molecule has 0 bridgehead atoms. The van der Waals surface area contributed by atoms with Gasteiger partial charge in [0.15, 0.2) is 11.5 Å². The Bertz CT molecular complexity index is 1900. The van der Waals surface area contributed by atoms with Gasteiger partial charge in [-0.15, -0.1) is 0 Å². The quantitative estimate of drug-likeness (QED) is 0.287. The zero-order chi connectivity index (χ0) is 34.6. The predicted octanol–water partition coefficient (Wildman–Crippen LogP) is 3.85. The third-order valence-corrected chi connectivity index (χ3v) is 10.3. The highest BCUT2D eigenvalue weighted by Gasteiger charge is 2.30. The Hall–Kier alpha value is -4.98. The van der Waals surface area contributed by atoms with Crippen molar-refractivity contribution in [2.75, 3.05) is 62.2 Å². The van der Waals surface area contributed by atoms with Crippen LogP contribution in [-0.2, 0) is 26.0 Å². The highest BCUT2D eigenvalue weighted by molar-refractivity contribution is 7.92. The number of carbonyl (C=O) groups is 2. The first-order valence-electron chi connectivity index (χ1n) is 15.5. The van der Waals surface area contributed by atoms with E-state index in [4.69, 9.17) is 18.9 Å². The van der Waals surface area contributed by atoms with E-state index in [9.17, 15) is 22.8 Å². The molecule has 256 valence electrons. The van der Waals surface area contributed by atoms with Gasteiger partial charge in [0.05, 0.1) is 58.2 Å². The van der Waals surface area contributed by atoms with Gasteiger partial charge in [0.1, 0.15) is 5.75 Å². The Balaban J connectivity index is 1.43. The van der Waals surface area contributed by atoms with Gasteiger partial charge in [-0.1, -0.05) is 6.07 Å². The fourth-order valence-electron chi connectivity index (χ4n) is 6.26. The van der Waals surface area contributed by atoms with Crippen LogP contribution in [0.25, 0.3) is 11.1 Å². The number of nitrogens with zero attached hydrogens (tertiary/aromatic N) is 1. The number of hydrogen-bond donors (Lipinski definition) is 3. The van der Waals surface area contributed by atoms with Crippen molar-refractivity contribution in [1.82, 2.24) is 5.32 Å². The summed E-state index contributed by atoms with van der Waals surface area (Å²) >= 11 is 0. The maximum Gasteiger partial charge on any atom is 0.243 e. The molecule has 1 aliphatic carbocycles. The molecule has 3 N–H and O–H groups in total. The van der Waals surface area contributed by atoms with Crippen LogP contribution in [0.5, 0.6) is 23.0 Å². The van der Waals surface area contributed by atoms with Gasteiger partial charge in [0.2, 0.25) is 33.0 Å². The number of sulfonamides is 1. The molecule has 2 aliphatic rings. The smallest absolute Gasteiger partial charge is 0.243 e. The number of benzene rings is 2. The molecule has 1 heterocycles. The first-order valence-corrected chi connectivity index (χ1v) is 17.1. The Morgan fingerprint density at radius 1 is 0.917 bits per heavy atom. The molecule has 5 rings (SSSR count). The molecule has 2 amide bonds. The number of nitrogens with one attached hydrogen (secondary N) is 3. The van der Waals surface area contributed by atoms with E-state index >= 15 is 0 Å². The van der Waals surface area contributed by atoms with Crippen LogP contribution in [-0.4, -0.2) is 67.5 Å². The van der Waals surface area contributed by atoms with Crippen molar-refractivity contribution in [3.05, 3.63) is 63.8 Å². The van der Waals surface area contributed by atoms with E-state index in [1.165, 1.54) is 38.6 Å². The maximum atomic E-state index is 13.6. The number of fused-ring (bicyclic) bond motifs is 3. The number of carbonyl (C=O) groups excluding carboxylic acids is 2. The molecule has 1 atom stereocenters. The van der Waals surface area contributed by atoms with Gasteiger partial charge in [-0.3, -0.25) is 18.7 Å². The average molecular weight is 681 g/mol. The number of hydrogen-bond acceptors (Lipinski definition) is 10. The molecular weight excluding hydrogens is 640 g/mol. The van der Waals surface area contributed by atoms with E-state index in [0.29, 0.717) is 76.9 Å². The lowest BCUT2D eigenvalue weighted by Gasteiger charge is -2.29. The van der Waals surface area contributed by atoms with Crippen LogP contribution in [0.2, 0.25) is 0 Å². The Kier molecular flexibility index (Phi) is 10.3. The van der Waals surface area contributed by atoms with E-state index in [1.807, 2.05) is 6.07 Å². The summed E-state index contributed by atoms with van der Waals surface area (Å²) in [6, 6.07) is 11.0. The minimum Gasteiger partial charge on any atom is -0.494 e. The standard InChI is InChI=1S/C34H40N4O9S/c1-20(39)36-25-11-8-21-16-30(45-3)33(46-4)34(47-5)32(21)23-10-12-26(28(40)18-24(23)25)35-19-31(41)37-22-9-13-27(29(17-22)44-2)38-14-6-7-15-48(38,42)43/h9-10,12-13,16-18,25H,6-8,11,14-15,19H2,1-5H3,(H,35,40)(H,36,39)(H,37,41)/t25-/m0/s1. The Labute approximate surface area is 279 Å². The fourth-order valence-corrected chi connectivity index (χ4v) is 7.90. The van der Waals surface area contributed by atoms with Crippen molar-refractivity contribution in [2.45, 2.75) is 38.6 Å². The third-order valence-electron chi connectivity index (χ3n) is 8.44. The SMILES string of the molecule is COc1cc(NC(=O)CNc2ccc3c(cc2=O)[C@@H](NC(C)=O)CCc2cc(OC)c(OC)c(OC)c2-3)ccc1N1CCCCS1(=O)=O. The fraction of sp³-hybridized carbons (Fsp3) is 0.382. The summed E-state index contributed by atoms with van der Waals surface area (Å²) < 4.78 is 49.1. The minimum absolute atomic E-state index is 0.0686. The molecule has 0 aromatic heterocycles. The number of ether oxygens (including phenoxy) is 4. The first kappa shape index (κ1) is 34.4. The molecule has 0 radical (unpaired) electrons. The number of aryl methyl sites for hydroxylation is 1. The van der Waals surface area contributed by atoms with Crippen molar-refractivity contribution in [1.29, 1.82) is 0 Å². The molecular formula is C34H40N4O9S. The number of anilines is 3. The summed E-state index contributed by atoms with van der Waals surface area (Å²) in [5.41, 5.74) is 3.47. The highest BCUT2D eigenvalue weighted by atomic mass is 32.2. The second-order valence-corrected chi connectivity index (χ2v) is 13.5. The van der Waals surface area contributed by atoms with Crippen molar-refractivity contribution < 1.29 is 37.0 Å². The Morgan fingerprint density at radius 2 is 1.67 bits per heavy atom. The number of amides is 2.